The fourth-order valence-corrected chi connectivity index (χ4v) is 1.02. The standard InChI is InChI=1S/C8H6N/c1-6-5-7-3-2-4-8(7)9-6/h2,4-5H,1H3. The molecule has 0 fully saturated rings. The molecule has 0 aromatic heterocycles. The first kappa shape index (κ1) is 4.74. The van der Waals surface area contributed by atoms with Crippen LogP contribution in [-0.2, 0) is 0 Å². The molecule has 1 aliphatic heterocycles. The van der Waals surface area contributed by atoms with Gasteiger partial charge in [-0.1, -0.05) is 6.08 Å². The summed E-state index contributed by atoms with van der Waals surface area (Å²) < 4.78 is 0. The van der Waals surface area contributed by atoms with Gasteiger partial charge in [-0.15, -0.1) is 0 Å². The molecule has 0 atom stereocenters. The Bertz CT molecular complexity index is 264. The number of rotatable bonds is 0. The molecule has 43 valence electrons. The van der Waals surface area contributed by atoms with Crippen LogP contribution in [0.15, 0.2) is 34.5 Å². The monoisotopic (exact) mass is 116 g/mol. The lowest BCUT2D eigenvalue weighted by atomic mass is 10.2. The van der Waals surface area contributed by atoms with Crippen molar-refractivity contribution in [2.75, 3.05) is 0 Å². The third-order valence-corrected chi connectivity index (χ3v) is 1.41. The van der Waals surface area contributed by atoms with Gasteiger partial charge in [-0.05, 0) is 25.2 Å². The van der Waals surface area contributed by atoms with Crippen LogP contribution in [0.2, 0.25) is 0 Å². The van der Waals surface area contributed by atoms with Gasteiger partial charge in [0, 0.05) is 11.3 Å². The SMILES string of the molecule is CC1=NC2=CC=[C]C2=C1. The van der Waals surface area contributed by atoms with Crippen molar-refractivity contribution >= 4 is 5.71 Å². The summed E-state index contributed by atoms with van der Waals surface area (Å²) in [6.07, 6.45) is 8.99. The van der Waals surface area contributed by atoms with E-state index >= 15 is 0 Å². The van der Waals surface area contributed by atoms with Gasteiger partial charge in [-0.3, -0.25) is 4.99 Å². The molecule has 0 spiro atoms. The quantitative estimate of drug-likeness (QED) is 0.456. The van der Waals surface area contributed by atoms with Crippen LogP contribution in [-0.4, -0.2) is 5.71 Å². The number of nitrogens with zero attached hydrogens (tertiary/aromatic N) is 1. The molecule has 2 rings (SSSR count). The number of fused-ring (bicyclic) bond motifs is 1. The predicted molar refractivity (Wildman–Crippen MR) is 37.1 cm³/mol. The summed E-state index contributed by atoms with van der Waals surface area (Å²) in [5, 5.41) is 0. The second kappa shape index (κ2) is 1.44. The van der Waals surface area contributed by atoms with Crippen LogP contribution in [0, 0.1) is 6.08 Å². The molecule has 1 aliphatic carbocycles. The van der Waals surface area contributed by atoms with E-state index in [1.54, 1.807) is 0 Å². The molecule has 0 aromatic rings. The molecule has 1 radical (unpaired) electrons. The number of hydrogen-bond acceptors (Lipinski definition) is 1. The zero-order valence-corrected chi connectivity index (χ0v) is 5.18. The lowest BCUT2D eigenvalue weighted by molar-refractivity contribution is 1.41. The molecule has 1 nitrogen and oxygen atoms in total. The van der Waals surface area contributed by atoms with E-state index in [1.807, 2.05) is 25.2 Å². The Balaban J connectivity index is 2.53. The molecule has 2 aliphatic rings. The topological polar surface area (TPSA) is 12.4 Å². The Morgan fingerprint density at radius 3 is 3.22 bits per heavy atom. The molecule has 0 amide bonds. The average Bonchev–Trinajstić information content (AvgIpc) is 2.22. The minimum Gasteiger partial charge on any atom is -0.253 e. The van der Waals surface area contributed by atoms with Gasteiger partial charge in [0.25, 0.3) is 0 Å². The Kier molecular flexibility index (Phi) is 0.758. The van der Waals surface area contributed by atoms with Gasteiger partial charge < -0.3 is 0 Å². The molecule has 0 N–H and O–H groups in total. The van der Waals surface area contributed by atoms with E-state index in [9.17, 15) is 0 Å². The second-order valence-corrected chi connectivity index (χ2v) is 2.17. The van der Waals surface area contributed by atoms with E-state index in [0.29, 0.717) is 0 Å². The summed E-state index contributed by atoms with van der Waals surface area (Å²) in [6.45, 7) is 1.99. The van der Waals surface area contributed by atoms with E-state index in [2.05, 4.69) is 11.1 Å². The van der Waals surface area contributed by atoms with Crippen LogP contribution in [0.3, 0.4) is 0 Å². The van der Waals surface area contributed by atoms with Crippen LogP contribution in [0.4, 0.5) is 0 Å². The van der Waals surface area contributed by atoms with Crippen LogP contribution in [0.5, 0.6) is 0 Å². The fourth-order valence-electron chi connectivity index (χ4n) is 1.02. The van der Waals surface area contributed by atoms with Crippen LogP contribution in [0.1, 0.15) is 6.92 Å². The first-order valence-corrected chi connectivity index (χ1v) is 2.94. The Morgan fingerprint density at radius 2 is 2.44 bits per heavy atom. The van der Waals surface area contributed by atoms with Crippen molar-refractivity contribution in [1.82, 2.24) is 0 Å². The normalized spacial score (nSPS) is 21.2. The molecular weight excluding hydrogens is 110 g/mol. The maximum atomic E-state index is 4.24. The highest BCUT2D eigenvalue weighted by atomic mass is 14.8. The molecule has 0 saturated carbocycles. The maximum absolute atomic E-state index is 4.24. The smallest absolute Gasteiger partial charge is 0.0712 e. The Morgan fingerprint density at radius 1 is 1.56 bits per heavy atom. The minimum atomic E-state index is 1.06. The zero-order valence-electron chi connectivity index (χ0n) is 5.18. The summed E-state index contributed by atoms with van der Waals surface area (Å²) in [7, 11) is 0. The van der Waals surface area contributed by atoms with Crippen molar-refractivity contribution in [2.24, 2.45) is 4.99 Å². The number of hydrogen-bond donors (Lipinski definition) is 0. The average molecular weight is 116 g/mol. The van der Waals surface area contributed by atoms with Crippen molar-refractivity contribution in [3.63, 3.8) is 0 Å². The van der Waals surface area contributed by atoms with Crippen molar-refractivity contribution in [3.05, 3.63) is 35.6 Å². The highest BCUT2D eigenvalue weighted by Gasteiger charge is 2.10. The second-order valence-electron chi connectivity index (χ2n) is 2.17. The molecule has 0 unspecified atom stereocenters. The zero-order chi connectivity index (χ0) is 6.27. The van der Waals surface area contributed by atoms with E-state index in [1.165, 1.54) is 0 Å². The van der Waals surface area contributed by atoms with Crippen LogP contribution >= 0.6 is 0 Å². The lowest BCUT2D eigenvalue weighted by Gasteiger charge is -1.83. The van der Waals surface area contributed by atoms with E-state index in [0.717, 1.165) is 17.0 Å². The molecule has 0 aromatic carbocycles. The molecular formula is C8H6N. The largest absolute Gasteiger partial charge is 0.253 e. The van der Waals surface area contributed by atoms with Gasteiger partial charge in [0.2, 0.25) is 0 Å². The third kappa shape index (κ3) is 0.578. The van der Waals surface area contributed by atoms with Crippen molar-refractivity contribution < 1.29 is 0 Å². The first-order valence-electron chi connectivity index (χ1n) is 2.94. The van der Waals surface area contributed by atoms with Crippen LogP contribution in [0.25, 0.3) is 0 Å². The van der Waals surface area contributed by atoms with Crippen molar-refractivity contribution in [2.45, 2.75) is 6.92 Å². The molecule has 1 heteroatoms. The number of aliphatic imine (C=N–C) groups is 1. The van der Waals surface area contributed by atoms with Gasteiger partial charge in [0.05, 0.1) is 5.70 Å². The first-order chi connectivity index (χ1) is 4.36. The van der Waals surface area contributed by atoms with Gasteiger partial charge in [-0.25, -0.2) is 0 Å². The Hall–Kier alpha value is -1.11. The van der Waals surface area contributed by atoms with Gasteiger partial charge in [0.1, 0.15) is 0 Å². The molecule has 0 bridgehead atoms. The van der Waals surface area contributed by atoms with Crippen molar-refractivity contribution in [3.8, 4) is 0 Å². The minimum absolute atomic E-state index is 1.06. The van der Waals surface area contributed by atoms with Gasteiger partial charge in [0.15, 0.2) is 0 Å². The lowest BCUT2D eigenvalue weighted by Crippen LogP contribution is -1.74. The highest BCUT2D eigenvalue weighted by Crippen LogP contribution is 2.23. The third-order valence-electron chi connectivity index (χ3n) is 1.41. The summed E-state index contributed by atoms with van der Waals surface area (Å²) in [4.78, 5) is 4.24. The predicted octanol–water partition coefficient (Wildman–Crippen LogP) is 1.64. The van der Waals surface area contributed by atoms with Crippen LogP contribution < -0.4 is 0 Å². The van der Waals surface area contributed by atoms with Gasteiger partial charge in [-0.2, -0.15) is 0 Å². The van der Waals surface area contributed by atoms with E-state index < -0.39 is 0 Å². The van der Waals surface area contributed by atoms with E-state index in [4.69, 9.17) is 0 Å². The van der Waals surface area contributed by atoms with Crippen molar-refractivity contribution in [1.29, 1.82) is 0 Å². The summed E-state index contributed by atoms with van der Waals surface area (Å²) in [5.74, 6) is 0. The summed E-state index contributed by atoms with van der Waals surface area (Å²) >= 11 is 0. The fraction of sp³-hybridized carbons (Fsp3) is 0.125. The summed E-state index contributed by atoms with van der Waals surface area (Å²) in [5.41, 5.74) is 3.27. The molecule has 1 heterocycles. The molecule has 9 heavy (non-hydrogen) atoms. The molecule has 0 saturated heterocycles. The summed E-state index contributed by atoms with van der Waals surface area (Å²) in [6, 6.07) is 0. The van der Waals surface area contributed by atoms with E-state index in [-0.39, 0.29) is 0 Å². The van der Waals surface area contributed by atoms with Gasteiger partial charge >= 0.3 is 0 Å². The maximum Gasteiger partial charge on any atom is 0.0712 e. The Labute approximate surface area is 54.1 Å². The highest BCUT2D eigenvalue weighted by molar-refractivity contribution is 5.98. The number of allylic oxidation sites excluding steroid dienone is 4.